The topological polar surface area (TPSA) is 61.7 Å². The molecule has 160 valence electrons. The molecule has 30 heavy (non-hydrogen) atoms. The highest BCUT2D eigenvalue weighted by Gasteiger charge is 2.40. The molecule has 2 fully saturated rings. The lowest BCUT2D eigenvalue weighted by Gasteiger charge is -2.41. The van der Waals surface area contributed by atoms with Crippen LogP contribution in [0.1, 0.15) is 12.5 Å². The zero-order valence-electron chi connectivity index (χ0n) is 17.5. The maximum Gasteiger partial charge on any atom is 0.345 e. The molecule has 9 heteroatoms. The van der Waals surface area contributed by atoms with Crippen LogP contribution < -0.4 is 4.90 Å². The van der Waals surface area contributed by atoms with Crippen LogP contribution in [0.2, 0.25) is 5.02 Å². The molecule has 0 saturated carbocycles. The fraction of sp³-hybridized carbons (Fsp3) is 0.476. The third kappa shape index (κ3) is 4.35. The molecule has 1 aromatic carbocycles. The normalized spacial score (nSPS) is 18.7. The average Bonchev–Trinajstić information content (AvgIpc) is 3.35. The number of nitrogens with zero attached hydrogens (tertiary/aromatic N) is 6. The van der Waals surface area contributed by atoms with E-state index >= 15 is 0 Å². The Balaban J connectivity index is 1.32. The molecule has 1 spiro atoms. The first kappa shape index (κ1) is 20.8. The van der Waals surface area contributed by atoms with E-state index < -0.39 is 0 Å². The molecule has 2 aromatic rings. The molecule has 0 atom stereocenters. The molecule has 0 radical (unpaired) electrons. The quantitative estimate of drug-likeness (QED) is 0.698. The Morgan fingerprint density at radius 3 is 2.63 bits per heavy atom. The smallest absolute Gasteiger partial charge is 0.313 e. The highest BCUT2D eigenvalue weighted by atomic mass is 35.5. The van der Waals surface area contributed by atoms with Crippen molar-refractivity contribution in [3.63, 3.8) is 0 Å². The van der Waals surface area contributed by atoms with Crippen molar-refractivity contribution in [2.75, 3.05) is 57.9 Å². The van der Waals surface area contributed by atoms with Crippen molar-refractivity contribution < 1.29 is 14.1 Å². The van der Waals surface area contributed by atoms with E-state index in [2.05, 4.69) is 16.1 Å². The van der Waals surface area contributed by atoms with Gasteiger partial charge in [0.1, 0.15) is 6.67 Å². The Kier molecular flexibility index (Phi) is 5.81. The van der Waals surface area contributed by atoms with Crippen LogP contribution in [0.4, 0.5) is 10.5 Å². The van der Waals surface area contributed by atoms with Gasteiger partial charge in [0, 0.05) is 25.5 Å². The van der Waals surface area contributed by atoms with Gasteiger partial charge < -0.3 is 14.3 Å². The highest BCUT2D eigenvalue weighted by molar-refractivity contribution is 6.30. The van der Waals surface area contributed by atoms with Gasteiger partial charge in [0.2, 0.25) is 5.91 Å². The first-order valence-electron chi connectivity index (χ1n) is 10.3. The van der Waals surface area contributed by atoms with Gasteiger partial charge in [-0.3, -0.25) is 4.79 Å². The third-order valence-corrected chi connectivity index (χ3v) is 6.50. The Hall–Kier alpha value is -2.42. The van der Waals surface area contributed by atoms with E-state index in [0.717, 1.165) is 48.9 Å². The molecule has 3 heterocycles. The van der Waals surface area contributed by atoms with E-state index in [0.29, 0.717) is 18.8 Å². The third-order valence-electron chi connectivity index (χ3n) is 6.27. The van der Waals surface area contributed by atoms with Gasteiger partial charge in [-0.1, -0.05) is 23.7 Å². The summed E-state index contributed by atoms with van der Waals surface area (Å²) in [6.07, 6.45) is 3.16. The number of benzene rings is 1. The second-order valence-corrected chi connectivity index (χ2v) is 8.76. The van der Waals surface area contributed by atoms with Gasteiger partial charge in [-0.25, -0.2) is 9.69 Å². The predicted octanol–water partition coefficient (Wildman–Crippen LogP) is 2.09. The molecule has 2 saturated heterocycles. The molecule has 2 aliphatic rings. The largest absolute Gasteiger partial charge is 0.345 e. The van der Waals surface area contributed by atoms with Crippen molar-refractivity contribution in [3.05, 3.63) is 47.2 Å². The lowest BCUT2D eigenvalue weighted by molar-refractivity contribution is -0.924. The number of anilines is 1. The lowest BCUT2D eigenvalue weighted by atomic mass is 10.2. The summed E-state index contributed by atoms with van der Waals surface area (Å²) >= 11 is 6.12. The van der Waals surface area contributed by atoms with Gasteiger partial charge in [0.05, 0.1) is 57.3 Å². The minimum atomic E-state index is -0.133. The van der Waals surface area contributed by atoms with Crippen molar-refractivity contribution in [1.82, 2.24) is 19.6 Å². The van der Waals surface area contributed by atoms with Gasteiger partial charge in [0.25, 0.3) is 0 Å². The molecule has 1 aromatic heterocycles. The second-order valence-electron chi connectivity index (χ2n) is 8.33. The molecule has 0 unspecified atom stereocenters. The van der Waals surface area contributed by atoms with E-state index in [1.165, 1.54) is 22.1 Å². The summed E-state index contributed by atoms with van der Waals surface area (Å²) in [6.45, 7) is 8.87. The number of hydrogen-bond acceptors (Lipinski definition) is 4. The van der Waals surface area contributed by atoms with Crippen LogP contribution in [0, 0.1) is 0 Å². The zero-order chi connectivity index (χ0) is 21.3. The number of halogens is 1. The van der Waals surface area contributed by atoms with Crippen molar-refractivity contribution in [1.29, 1.82) is 0 Å². The molecule has 4 rings (SSSR count). The Labute approximate surface area is 181 Å². The molecular weight excluding hydrogens is 404 g/mol. The fourth-order valence-corrected chi connectivity index (χ4v) is 4.52. The van der Waals surface area contributed by atoms with Crippen LogP contribution in [-0.2, 0) is 11.3 Å². The first-order chi connectivity index (χ1) is 14.3. The summed E-state index contributed by atoms with van der Waals surface area (Å²) in [5.74, 6) is -0.0947. The monoisotopic (exact) mass is 431 g/mol. The summed E-state index contributed by atoms with van der Waals surface area (Å²) in [4.78, 5) is 30.2. The van der Waals surface area contributed by atoms with Crippen LogP contribution >= 0.6 is 11.6 Å². The van der Waals surface area contributed by atoms with E-state index in [9.17, 15) is 9.59 Å². The molecular formula is C21H28ClN6O2+. The van der Waals surface area contributed by atoms with Crippen LogP contribution in [0.25, 0.3) is 0 Å². The Bertz CT molecular complexity index is 937. The standard InChI is InChI=1S/C21H28ClN6O2/c1-17(29)24(2)20-13-23-27(15-20)21(30)26-7-10-28(11-8-26)9-6-25(16-28)14-18-4-3-5-19(22)12-18/h3-5,12-13,15H,6-11,14,16H2,1-2H3/q+1. The second kappa shape index (κ2) is 8.37. The Morgan fingerprint density at radius 1 is 1.20 bits per heavy atom. The van der Waals surface area contributed by atoms with Gasteiger partial charge in [-0.15, -0.1) is 0 Å². The van der Waals surface area contributed by atoms with E-state index in [1.54, 1.807) is 19.4 Å². The van der Waals surface area contributed by atoms with E-state index in [4.69, 9.17) is 11.6 Å². The summed E-state index contributed by atoms with van der Waals surface area (Å²) in [5, 5.41) is 4.93. The van der Waals surface area contributed by atoms with Crippen molar-refractivity contribution in [3.8, 4) is 0 Å². The van der Waals surface area contributed by atoms with E-state index in [1.807, 2.05) is 23.1 Å². The van der Waals surface area contributed by atoms with Crippen molar-refractivity contribution >= 4 is 29.2 Å². The summed E-state index contributed by atoms with van der Waals surface area (Å²) in [6, 6.07) is 7.92. The van der Waals surface area contributed by atoms with Crippen molar-refractivity contribution in [2.24, 2.45) is 0 Å². The number of aromatic nitrogens is 2. The zero-order valence-corrected chi connectivity index (χ0v) is 18.3. The molecule has 0 N–H and O–H groups in total. The SMILES string of the molecule is CC(=O)N(C)c1cnn(C(=O)N2CC[N+]3(CCN(Cc4cccc(Cl)c4)C3)CC2)c1. The minimum Gasteiger partial charge on any atom is -0.313 e. The molecule has 2 amide bonds. The molecule has 2 aliphatic heterocycles. The highest BCUT2D eigenvalue weighted by Crippen LogP contribution is 2.23. The van der Waals surface area contributed by atoms with Crippen molar-refractivity contribution in [2.45, 2.75) is 13.5 Å². The number of carbonyl (C=O) groups is 2. The van der Waals surface area contributed by atoms with Gasteiger partial charge in [0.15, 0.2) is 0 Å². The van der Waals surface area contributed by atoms with Crippen LogP contribution in [0.5, 0.6) is 0 Å². The number of hydrogen-bond donors (Lipinski definition) is 0. The molecule has 0 aliphatic carbocycles. The molecule has 0 bridgehead atoms. The van der Waals surface area contributed by atoms with Crippen LogP contribution in [-0.4, -0.2) is 89.0 Å². The lowest BCUT2D eigenvalue weighted by Crippen LogP contribution is -2.60. The number of amides is 2. The average molecular weight is 432 g/mol. The van der Waals surface area contributed by atoms with Crippen LogP contribution in [0.3, 0.4) is 0 Å². The number of quaternary nitrogens is 1. The summed E-state index contributed by atoms with van der Waals surface area (Å²) in [5.41, 5.74) is 1.86. The Morgan fingerprint density at radius 2 is 1.93 bits per heavy atom. The maximum atomic E-state index is 12.8. The summed E-state index contributed by atoms with van der Waals surface area (Å²) in [7, 11) is 1.67. The van der Waals surface area contributed by atoms with E-state index in [-0.39, 0.29) is 11.9 Å². The maximum absolute atomic E-state index is 12.8. The fourth-order valence-electron chi connectivity index (χ4n) is 4.31. The first-order valence-corrected chi connectivity index (χ1v) is 10.6. The predicted molar refractivity (Wildman–Crippen MR) is 115 cm³/mol. The summed E-state index contributed by atoms with van der Waals surface area (Å²) < 4.78 is 2.36. The van der Waals surface area contributed by atoms with Gasteiger partial charge in [-0.2, -0.15) is 9.78 Å². The van der Waals surface area contributed by atoms with Gasteiger partial charge in [-0.05, 0) is 17.7 Å². The number of piperazine rings is 1. The van der Waals surface area contributed by atoms with Crippen LogP contribution in [0.15, 0.2) is 36.7 Å². The molecule has 8 nitrogen and oxygen atoms in total. The number of rotatable bonds is 3. The van der Waals surface area contributed by atoms with Gasteiger partial charge >= 0.3 is 6.03 Å². The minimum absolute atomic E-state index is 0.0947. The number of carbonyl (C=O) groups excluding carboxylic acids is 2.